The van der Waals surface area contributed by atoms with E-state index in [-0.39, 0.29) is 12.5 Å². The minimum absolute atomic E-state index is 0.0493. The molecule has 2 heterocycles. The lowest BCUT2D eigenvalue weighted by molar-refractivity contribution is -0.133. The minimum atomic E-state index is 0.0493. The van der Waals surface area contributed by atoms with Crippen molar-refractivity contribution in [2.75, 3.05) is 37.7 Å². The number of piperazine rings is 1. The number of hydrogen-bond acceptors (Lipinski definition) is 4. The molecule has 3 aromatic rings. The number of carbonyl (C=O) groups is 1. The summed E-state index contributed by atoms with van der Waals surface area (Å²) in [6, 6.07) is 14.4. The normalized spacial score (nSPS) is 16.6. The van der Waals surface area contributed by atoms with Crippen LogP contribution in [-0.2, 0) is 17.6 Å². The molecule has 1 aliphatic heterocycles. The second-order valence-corrected chi connectivity index (χ2v) is 8.36. The molecule has 2 aromatic carbocycles. The number of ether oxygens (including phenoxy) is 1. The van der Waals surface area contributed by atoms with E-state index in [2.05, 4.69) is 36.1 Å². The maximum atomic E-state index is 12.7. The fourth-order valence-electron chi connectivity index (χ4n) is 4.61. The molecular weight excluding hydrogens is 376 g/mol. The summed E-state index contributed by atoms with van der Waals surface area (Å²) in [4.78, 5) is 16.9. The van der Waals surface area contributed by atoms with E-state index in [1.807, 2.05) is 23.1 Å². The summed E-state index contributed by atoms with van der Waals surface area (Å²) in [5.41, 5.74) is 4.73. The maximum Gasteiger partial charge on any atom is 0.260 e. The Balaban J connectivity index is 1.18. The molecule has 0 radical (unpaired) electrons. The number of carbonyl (C=O) groups excluding carboxylic acids is 1. The Bertz CT molecular complexity index is 1060. The van der Waals surface area contributed by atoms with Gasteiger partial charge in [0.05, 0.1) is 0 Å². The zero-order valence-electron chi connectivity index (χ0n) is 17.5. The van der Waals surface area contributed by atoms with Gasteiger partial charge in [-0.2, -0.15) is 0 Å². The first-order valence-corrected chi connectivity index (χ1v) is 10.9. The van der Waals surface area contributed by atoms with Crippen LogP contribution >= 0.6 is 0 Å². The summed E-state index contributed by atoms with van der Waals surface area (Å²) in [5, 5.41) is 1.14. The standard InChI is InChI=1S/C25H28N2O3/c1-18-5-4-6-19(15-18)26-11-13-27(14-12-26)25(28)17-29-20-9-10-24-22(16-20)21-7-2-3-8-23(21)30-24/h4-6,9-10,15-16H,2-3,7-8,11-14,17H2,1H3. The lowest BCUT2D eigenvalue weighted by Crippen LogP contribution is -2.50. The van der Waals surface area contributed by atoms with Crippen molar-refractivity contribution >= 4 is 22.6 Å². The molecule has 1 fully saturated rings. The molecule has 2 aliphatic rings. The van der Waals surface area contributed by atoms with E-state index in [4.69, 9.17) is 9.15 Å². The van der Waals surface area contributed by atoms with Crippen LogP contribution in [0.4, 0.5) is 5.69 Å². The van der Waals surface area contributed by atoms with Crippen molar-refractivity contribution in [1.29, 1.82) is 0 Å². The zero-order valence-corrected chi connectivity index (χ0v) is 17.5. The van der Waals surface area contributed by atoms with Crippen molar-refractivity contribution in [3.05, 3.63) is 59.4 Å². The molecule has 0 bridgehead atoms. The Kier molecular flexibility index (Phi) is 5.11. The molecule has 0 spiro atoms. The number of anilines is 1. The van der Waals surface area contributed by atoms with Crippen LogP contribution in [0.2, 0.25) is 0 Å². The summed E-state index contributed by atoms with van der Waals surface area (Å²) >= 11 is 0. The molecule has 1 saturated heterocycles. The van der Waals surface area contributed by atoms with Crippen LogP contribution in [0.1, 0.15) is 29.7 Å². The summed E-state index contributed by atoms with van der Waals surface area (Å²) in [5.74, 6) is 1.91. The third-order valence-corrected chi connectivity index (χ3v) is 6.29. The topological polar surface area (TPSA) is 45.9 Å². The van der Waals surface area contributed by atoms with Crippen molar-refractivity contribution in [3.63, 3.8) is 0 Å². The van der Waals surface area contributed by atoms with Gasteiger partial charge in [-0.1, -0.05) is 12.1 Å². The van der Waals surface area contributed by atoms with Gasteiger partial charge < -0.3 is 19.0 Å². The average molecular weight is 405 g/mol. The SMILES string of the molecule is Cc1cccc(N2CCN(C(=O)COc3ccc4oc5c(c4c3)CCCC5)CC2)c1. The first-order valence-electron chi connectivity index (χ1n) is 10.9. The number of amides is 1. The molecule has 1 aliphatic carbocycles. The fourth-order valence-corrected chi connectivity index (χ4v) is 4.61. The van der Waals surface area contributed by atoms with Crippen molar-refractivity contribution in [2.24, 2.45) is 0 Å². The van der Waals surface area contributed by atoms with Gasteiger partial charge in [0.1, 0.15) is 17.1 Å². The van der Waals surface area contributed by atoms with Gasteiger partial charge in [0.25, 0.3) is 5.91 Å². The second kappa shape index (κ2) is 8.05. The van der Waals surface area contributed by atoms with Crippen LogP contribution in [0.5, 0.6) is 5.75 Å². The quantitative estimate of drug-likeness (QED) is 0.649. The summed E-state index contributed by atoms with van der Waals surface area (Å²) < 4.78 is 11.9. The molecule has 0 unspecified atom stereocenters. The smallest absolute Gasteiger partial charge is 0.260 e. The highest BCUT2D eigenvalue weighted by atomic mass is 16.5. The lowest BCUT2D eigenvalue weighted by Gasteiger charge is -2.36. The molecular formula is C25H28N2O3. The summed E-state index contributed by atoms with van der Waals surface area (Å²) in [6.45, 7) is 5.34. The molecule has 5 rings (SSSR count). The van der Waals surface area contributed by atoms with E-state index in [1.165, 1.54) is 29.7 Å². The highest BCUT2D eigenvalue weighted by Crippen LogP contribution is 2.34. The largest absolute Gasteiger partial charge is 0.484 e. The van der Waals surface area contributed by atoms with E-state index in [0.717, 1.165) is 61.5 Å². The second-order valence-electron chi connectivity index (χ2n) is 8.36. The molecule has 156 valence electrons. The van der Waals surface area contributed by atoms with Crippen LogP contribution in [0.15, 0.2) is 46.9 Å². The number of furan rings is 1. The van der Waals surface area contributed by atoms with Crippen molar-refractivity contribution in [3.8, 4) is 5.75 Å². The van der Waals surface area contributed by atoms with E-state index in [9.17, 15) is 4.79 Å². The van der Waals surface area contributed by atoms with Gasteiger partial charge in [0.2, 0.25) is 0 Å². The predicted molar refractivity (Wildman–Crippen MR) is 118 cm³/mol. The van der Waals surface area contributed by atoms with Gasteiger partial charge in [-0.3, -0.25) is 4.79 Å². The monoisotopic (exact) mass is 404 g/mol. The van der Waals surface area contributed by atoms with E-state index < -0.39 is 0 Å². The van der Waals surface area contributed by atoms with Crippen molar-refractivity contribution in [2.45, 2.75) is 32.6 Å². The van der Waals surface area contributed by atoms with Crippen LogP contribution in [0.25, 0.3) is 11.0 Å². The maximum absolute atomic E-state index is 12.7. The number of nitrogens with zero attached hydrogens (tertiary/aromatic N) is 2. The van der Waals surface area contributed by atoms with Gasteiger partial charge in [0.15, 0.2) is 6.61 Å². The molecule has 30 heavy (non-hydrogen) atoms. The Morgan fingerprint density at radius 2 is 1.87 bits per heavy atom. The van der Waals surface area contributed by atoms with E-state index >= 15 is 0 Å². The molecule has 1 amide bonds. The van der Waals surface area contributed by atoms with Crippen molar-refractivity contribution < 1.29 is 13.9 Å². The molecule has 5 nitrogen and oxygen atoms in total. The highest BCUT2D eigenvalue weighted by Gasteiger charge is 2.22. The van der Waals surface area contributed by atoms with Crippen molar-refractivity contribution in [1.82, 2.24) is 4.90 Å². The van der Waals surface area contributed by atoms with E-state index in [0.29, 0.717) is 0 Å². The predicted octanol–water partition coefficient (Wildman–Crippen LogP) is 4.35. The van der Waals surface area contributed by atoms with Gasteiger partial charge in [-0.15, -0.1) is 0 Å². The Hall–Kier alpha value is -2.95. The van der Waals surface area contributed by atoms with E-state index in [1.54, 1.807) is 0 Å². The lowest BCUT2D eigenvalue weighted by atomic mass is 9.96. The van der Waals surface area contributed by atoms with Crippen LogP contribution in [0.3, 0.4) is 0 Å². The average Bonchev–Trinajstić information content (AvgIpc) is 3.15. The highest BCUT2D eigenvalue weighted by molar-refractivity contribution is 5.84. The first-order chi connectivity index (χ1) is 14.7. The van der Waals surface area contributed by atoms with Gasteiger partial charge in [-0.05, 0) is 62.1 Å². The zero-order chi connectivity index (χ0) is 20.5. The minimum Gasteiger partial charge on any atom is -0.484 e. The third kappa shape index (κ3) is 3.76. The third-order valence-electron chi connectivity index (χ3n) is 6.29. The van der Waals surface area contributed by atoms with Gasteiger partial charge >= 0.3 is 0 Å². The first kappa shape index (κ1) is 19.0. The molecule has 0 N–H and O–H groups in total. The number of hydrogen-bond donors (Lipinski definition) is 0. The molecule has 0 atom stereocenters. The van der Waals surface area contributed by atoms with Crippen LogP contribution in [0, 0.1) is 6.92 Å². The summed E-state index contributed by atoms with van der Waals surface area (Å²) in [7, 11) is 0. The Morgan fingerprint density at radius 1 is 1.03 bits per heavy atom. The van der Waals surface area contributed by atoms with Crippen LogP contribution < -0.4 is 9.64 Å². The number of aryl methyl sites for hydroxylation is 3. The number of fused-ring (bicyclic) bond motifs is 3. The summed E-state index contributed by atoms with van der Waals surface area (Å²) in [6.07, 6.45) is 4.49. The molecule has 0 saturated carbocycles. The molecule has 1 aromatic heterocycles. The number of benzene rings is 2. The fraction of sp³-hybridized carbons (Fsp3) is 0.400. The van der Waals surface area contributed by atoms with Crippen LogP contribution in [-0.4, -0.2) is 43.6 Å². The van der Waals surface area contributed by atoms with Gasteiger partial charge in [0, 0.05) is 49.2 Å². The molecule has 5 heteroatoms. The Labute approximate surface area is 177 Å². The van der Waals surface area contributed by atoms with Gasteiger partial charge in [-0.25, -0.2) is 0 Å². The number of rotatable bonds is 4. The Morgan fingerprint density at radius 3 is 2.70 bits per heavy atom.